The SMILES string of the molecule is CCC(C)CN(C)c1cc(NN)nc(N)n1. The van der Waals surface area contributed by atoms with Gasteiger partial charge in [-0.05, 0) is 5.92 Å². The highest BCUT2D eigenvalue weighted by molar-refractivity contribution is 5.51. The molecular formula is C10H20N6. The molecule has 0 bridgehead atoms. The Balaban J connectivity index is 2.82. The third-order valence-corrected chi connectivity index (χ3v) is 2.55. The Labute approximate surface area is 96.0 Å². The van der Waals surface area contributed by atoms with Gasteiger partial charge in [0.25, 0.3) is 0 Å². The second-order valence-electron chi connectivity index (χ2n) is 4.01. The Kier molecular flexibility index (Phi) is 4.30. The minimum Gasteiger partial charge on any atom is -0.368 e. The Bertz CT molecular complexity index is 340. The van der Waals surface area contributed by atoms with Crippen molar-refractivity contribution < 1.29 is 0 Å². The highest BCUT2D eigenvalue weighted by atomic mass is 15.3. The van der Waals surface area contributed by atoms with Crippen LogP contribution in [0.2, 0.25) is 0 Å². The fraction of sp³-hybridized carbons (Fsp3) is 0.600. The van der Waals surface area contributed by atoms with Gasteiger partial charge in [0.1, 0.15) is 11.6 Å². The number of nitrogens with two attached hydrogens (primary N) is 2. The van der Waals surface area contributed by atoms with E-state index in [1.807, 2.05) is 11.9 Å². The summed E-state index contributed by atoms with van der Waals surface area (Å²) >= 11 is 0. The van der Waals surface area contributed by atoms with Crippen LogP contribution >= 0.6 is 0 Å². The molecule has 0 aliphatic rings. The zero-order chi connectivity index (χ0) is 12.1. The predicted octanol–water partition coefficient (Wildman–Crippen LogP) is 0.827. The van der Waals surface area contributed by atoms with Gasteiger partial charge in [-0.1, -0.05) is 20.3 Å². The van der Waals surface area contributed by atoms with Crippen LogP contribution in [0.1, 0.15) is 20.3 Å². The van der Waals surface area contributed by atoms with E-state index in [9.17, 15) is 0 Å². The maximum atomic E-state index is 5.59. The maximum Gasteiger partial charge on any atom is 0.223 e. The first-order valence-corrected chi connectivity index (χ1v) is 5.39. The number of anilines is 3. The Morgan fingerprint density at radius 2 is 2.19 bits per heavy atom. The largest absolute Gasteiger partial charge is 0.368 e. The molecule has 1 unspecified atom stereocenters. The first-order valence-electron chi connectivity index (χ1n) is 5.39. The van der Waals surface area contributed by atoms with Gasteiger partial charge in [0.15, 0.2) is 0 Å². The first-order chi connectivity index (χ1) is 7.56. The number of nitrogens with zero attached hydrogens (tertiary/aromatic N) is 3. The molecule has 6 heteroatoms. The molecule has 1 rings (SSSR count). The van der Waals surface area contributed by atoms with E-state index in [-0.39, 0.29) is 5.95 Å². The molecule has 16 heavy (non-hydrogen) atoms. The van der Waals surface area contributed by atoms with E-state index in [0.29, 0.717) is 11.7 Å². The molecule has 0 aromatic carbocycles. The number of hydrazine groups is 1. The number of hydrogen-bond acceptors (Lipinski definition) is 6. The molecule has 1 atom stereocenters. The number of hydrogen-bond donors (Lipinski definition) is 3. The summed E-state index contributed by atoms with van der Waals surface area (Å²) in [6.45, 7) is 5.29. The van der Waals surface area contributed by atoms with Crippen LogP contribution in [0.15, 0.2) is 6.07 Å². The fourth-order valence-corrected chi connectivity index (χ4v) is 1.41. The van der Waals surface area contributed by atoms with E-state index in [0.717, 1.165) is 18.8 Å². The molecular weight excluding hydrogens is 204 g/mol. The number of nitrogen functional groups attached to an aromatic ring is 2. The van der Waals surface area contributed by atoms with Crippen LogP contribution < -0.4 is 21.9 Å². The van der Waals surface area contributed by atoms with Crippen LogP contribution in [0.5, 0.6) is 0 Å². The lowest BCUT2D eigenvalue weighted by molar-refractivity contribution is 0.557. The Morgan fingerprint density at radius 1 is 1.50 bits per heavy atom. The molecule has 0 aliphatic carbocycles. The molecule has 0 aliphatic heterocycles. The van der Waals surface area contributed by atoms with Crippen LogP contribution in [0.25, 0.3) is 0 Å². The number of nitrogens with one attached hydrogen (secondary N) is 1. The summed E-state index contributed by atoms with van der Waals surface area (Å²) in [4.78, 5) is 10.2. The van der Waals surface area contributed by atoms with Gasteiger partial charge in [-0.3, -0.25) is 0 Å². The van der Waals surface area contributed by atoms with Crippen molar-refractivity contribution in [3.8, 4) is 0 Å². The molecule has 1 heterocycles. The van der Waals surface area contributed by atoms with Crippen LogP contribution in [-0.2, 0) is 0 Å². The smallest absolute Gasteiger partial charge is 0.223 e. The average molecular weight is 224 g/mol. The van der Waals surface area contributed by atoms with Gasteiger partial charge in [0.2, 0.25) is 5.95 Å². The third-order valence-electron chi connectivity index (χ3n) is 2.55. The van der Waals surface area contributed by atoms with E-state index in [2.05, 4.69) is 29.2 Å². The zero-order valence-corrected chi connectivity index (χ0v) is 10.1. The van der Waals surface area contributed by atoms with Crippen LogP contribution in [-0.4, -0.2) is 23.6 Å². The van der Waals surface area contributed by atoms with Crippen molar-refractivity contribution in [2.24, 2.45) is 11.8 Å². The van der Waals surface area contributed by atoms with Crippen molar-refractivity contribution in [1.82, 2.24) is 9.97 Å². The van der Waals surface area contributed by atoms with Gasteiger partial charge in [-0.15, -0.1) is 0 Å². The Hall–Kier alpha value is -1.56. The summed E-state index contributed by atoms with van der Waals surface area (Å²) in [7, 11) is 1.98. The molecule has 6 nitrogen and oxygen atoms in total. The second kappa shape index (κ2) is 5.50. The minimum absolute atomic E-state index is 0.224. The fourth-order valence-electron chi connectivity index (χ4n) is 1.41. The molecule has 0 amide bonds. The van der Waals surface area contributed by atoms with E-state index >= 15 is 0 Å². The van der Waals surface area contributed by atoms with Crippen LogP contribution in [0.4, 0.5) is 17.6 Å². The second-order valence-corrected chi connectivity index (χ2v) is 4.01. The van der Waals surface area contributed by atoms with Crippen molar-refractivity contribution >= 4 is 17.6 Å². The van der Waals surface area contributed by atoms with Gasteiger partial charge >= 0.3 is 0 Å². The normalized spacial score (nSPS) is 12.2. The van der Waals surface area contributed by atoms with E-state index in [1.54, 1.807) is 6.07 Å². The number of aromatic nitrogens is 2. The van der Waals surface area contributed by atoms with Gasteiger partial charge in [-0.25, -0.2) is 5.84 Å². The summed E-state index contributed by atoms with van der Waals surface area (Å²) < 4.78 is 0. The molecule has 1 aromatic rings. The van der Waals surface area contributed by atoms with E-state index in [1.165, 1.54) is 0 Å². The molecule has 0 fully saturated rings. The lowest BCUT2D eigenvalue weighted by atomic mass is 10.1. The molecule has 5 N–H and O–H groups in total. The van der Waals surface area contributed by atoms with Crippen molar-refractivity contribution in [2.75, 3.05) is 29.7 Å². The van der Waals surface area contributed by atoms with Gasteiger partial charge in [-0.2, -0.15) is 9.97 Å². The van der Waals surface area contributed by atoms with E-state index in [4.69, 9.17) is 11.6 Å². The molecule has 90 valence electrons. The van der Waals surface area contributed by atoms with Crippen LogP contribution in [0.3, 0.4) is 0 Å². The topological polar surface area (TPSA) is 93.1 Å². The minimum atomic E-state index is 0.224. The summed E-state index contributed by atoms with van der Waals surface area (Å²) in [5, 5.41) is 0. The molecule has 0 saturated heterocycles. The maximum absolute atomic E-state index is 5.59. The van der Waals surface area contributed by atoms with Crippen LogP contribution in [0, 0.1) is 5.92 Å². The lowest BCUT2D eigenvalue weighted by Gasteiger charge is -2.22. The molecule has 0 radical (unpaired) electrons. The van der Waals surface area contributed by atoms with E-state index < -0.39 is 0 Å². The summed E-state index contributed by atoms with van der Waals surface area (Å²) in [5.41, 5.74) is 8.06. The summed E-state index contributed by atoms with van der Waals surface area (Å²) in [6.07, 6.45) is 1.13. The van der Waals surface area contributed by atoms with Crippen molar-refractivity contribution in [3.05, 3.63) is 6.07 Å². The van der Waals surface area contributed by atoms with Crippen molar-refractivity contribution in [2.45, 2.75) is 20.3 Å². The highest BCUT2D eigenvalue weighted by Crippen LogP contribution is 2.16. The molecule has 1 aromatic heterocycles. The zero-order valence-electron chi connectivity index (χ0n) is 10.1. The van der Waals surface area contributed by atoms with Crippen molar-refractivity contribution in [3.63, 3.8) is 0 Å². The Morgan fingerprint density at radius 3 is 2.75 bits per heavy atom. The van der Waals surface area contributed by atoms with Gasteiger partial charge in [0.05, 0.1) is 0 Å². The monoisotopic (exact) mass is 224 g/mol. The first kappa shape index (κ1) is 12.5. The molecule has 0 saturated carbocycles. The van der Waals surface area contributed by atoms with Gasteiger partial charge in [0, 0.05) is 19.7 Å². The third kappa shape index (κ3) is 3.23. The summed E-state index contributed by atoms with van der Waals surface area (Å²) in [6, 6.07) is 1.78. The van der Waals surface area contributed by atoms with Gasteiger partial charge < -0.3 is 16.1 Å². The number of rotatable bonds is 5. The lowest BCUT2D eigenvalue weighted by Crippen LogP contribution is -2.25. The summed E-state index contributed by atoms with van der Waals surface area (Å²) in [5.74, 6) is 7.44. The quantitative estimate of drug-likeness (QED) is 0.506. The average Bonchev–Trinajstić information content (AvgIpc) is 2.27. The highest BCUT2D eigenvalue weighted by Gasteiger charge is 2.09. The molecule has 0 spiro atoms. The standard InChI is InChI=1S/C10H20N6/c1-4-7(2)6-16(3)9-5-8(15-12)13-10(11)14-9/h5,7H,4,6,12H2,1-3H3,(H3,11,13,14,15). The van der Waals surface area contributed by atoms with Crippen molar-refractivity contribution in [1.29, 1.82) is 0 Å². The predicted molar refractivity (Wildman–Crippen MR) is 67.0 cm³/mol.